The molecule has 0 unspecified atom stereocenters. The second kappa shape index (κ2) is 5.50. The van der Waals surface area contributed by atoms with Gasteiger partial charge in [-0.1, -0.05) is 29.8 Å². The number of nitrogens with zero attached hydrogens (tertiary/aromatic N) is 1. The molecule has 0 radical (unpaired) electrons. The van der Waals surface area contributed by atoms with Crippen LogP contribution in [0.5, 0.6) is 0 Å². The highest BCUT2D eigenvalue weighted by atomic mass is 127. The van der Waals surface area contributed by atoms with Gasteiger partial charge < -0.3 is 4.90 Å². The van der Waals surface area contributed by atoms with Crippen molar-refractivity contribution in [3.8, 4) is 0 Å². The minimum Gasteiger partial charge on any atom is -0.370 e. The van der Waals surface area contributed by atoms with Gasteiger partial charge in [-0.25, -0.2) is 0 Å². The van der Waals surface area contributed by atoms with Gasteiger partial charge in [-0.3, -0.25) is 0 Å². The molecule has 0 aliphatic heterocycles. The lowest BCUT2D eigenvalue weighted by atomic mass is 10.3. The summed E-state index contributed by atoms with van der Waals surface area (Å²) >= 11 is 7.79. The molecule has 0 saturated carbocycles. The quantitative estimate of drug-likeness (QED) is 0.773. The molecule has 0 heterocycles. The van der Waals surface area contributed by atoms with Crippen LogP contribution in [0.1, 0.15) is 0 Å². The number of para-hydroxylation sites is 1. The lowest BCUT2D eigenvalue weighted by molar-refractivity contribution is 1.03. The third-order valence-corrected chi connectivity index (χ3v) is 2.82. The molecular weight excluding hydrogens is 296 g/mol. The summed E-state index contributed by atoms with van der Waals surface area (Å²) in [4.78, 5) is 2.15. The van der Waals surface area contributed by atoms with Gasteiger partial charge in [0, 0.05) is 22.7 Å². The zero-order chi connectivity index (χ0) is 9.68. The summed E-state index contributed by atoms with van der Waals surface area (Å²) in [6.45, 7) is 0.837. The highest BCUT2D eigenvalue weighted by Crippen LogP contribution is 2.20. The normalized spacial score (nSPS) is 10.7. The van der Waals surface area contributed by atoms with E-state index in [0.29, 0.717) is 0 Å². The Bertz CT molecular complexity index is 299. The van der Waals surface area contributed by atoms with Gasteiger partial charge in [0.2, 0.25) is 0 Å². The van der Waals surface area contributed by atoms with Crippen LogP contribution >= 0.6 is 34.2 Å². The maximum Gasteiger partial charge on any atom is 0.0502 e. The van der Waals surface area contributed by atoms with Crippen molar-refractivity contribution in [2.45, 2.75) is 0 Å². The number of rotatable bonds is 3. The first kappa shape index (κ1) is 10.9. The highest BCUT2D eigenvalue weighted by Gasteiger charge is 2.01. The molecular formula is C10H11ClIN. The number of anilines is 1. The Balaban J connectivity index is 2.76. The van der Waals surface area contributed by atoms with Crippen molar-refractivity contribution in [1.82, 2.24) is 0 Å². The third kappa shape index (κ3) is 3.19. The molecule has 0 aliphatic rings. The number of hydrogen-bond acceptors (Lipinski definition) is 1. The van der Waals surface area contributed by atoms with Crippen molar-refractivity contribution in [1.29, 1.82) is 0 Å². The van der Waals surface area contributed by atoms with Crippen LogP contribution in [0.3, 0.4) is 0 Å². The number of halogens is 2. The van der Waals surface area contributed by atoms with Gasteiger partial charge in [0.25, 0.3) is 0 Å². The van der Waals surface area contributed by atoms with E-state index >= 15 is 0 Å². The van der Waals surface area contributed by atoms with Crippen LogP contribution < -0.4 is 4.90 Å². The lowest BCUT2D eigenvalue weighted by Gasteiger charge is -2.18. The van der Waals surface area contributed by atoms with Gasteiger partial charge >= 0.3 is 0 Å². The second-order valence-corrected chi connectivity index (χ2v) is 4.11. The van der Waals surface area contributed by atoms with E-state index in [-0.39, 0.29) is 0 Å². The van der Waals surface area contributed by atoms with E-state index in [1.54, 1.807) is 5.54 Å². The summed E-state index contributed by atoms with van der Waals surface area (Å²) in [7, 11) is 2.05. The van der Waals surface area contributed by atoms with Crippen molar-refractivity contribution in [3.05, 3.63) is 39.4 Å². The first-order chi connectivity index (χ1) is 6.25. The summed E-state index contributed by atoms with van der Waals surface area (Å²) in [6, 6.07) is 8.27. The minimum absolute atomic E-state index is 0.837. The fourth-order valence-corrected chi connectivity index (χ4v) is 1.94. The topological polar surface area (TPSA) is 3.24 Å². The van der Waals surface area contributed by atoms with E-state index in [9.17, 15) is 0 Å². The van der Waals surface area contributed by atoms with Crippen molar-refractivity contribution in [3.63, 3.8) is 0 Å². The summed E-state index contributed by atoms with van der Waals surface area (Å²) in [5.41, 5.74) is 2.78. The molecule has 3 heteroatoms. The van der Waals surface area contributed by atoms with E-state index in [4.69, 9.17) is 11.6 Å². The Labute approximate surface area is 97.5 Å². The zero-order valence-corrected chi connectivity index (χ0v) is 10.3. The monoisotopic (exact) mass is 307 g/mol. The first-order valence-corrected chi connectivity index (χ1v) is 5.48. The zero-order valence-electron chi connectivity index (χ0n) is 7.37. The summed E-state index contributed by atoms with van der Waals surface area (Å²) in [5.74, 6) is 0. The molecule has 1 aromatic carbocycles. The predicted octanol–water partition coefficient (Wildman–Crippen LogP) is 3.48. The van der Waals surface area contributed by atoms with Crippen LogP contribution in [0.25, 0.3) is 0 Å². The second-order valence-electron chi connectivity index (χ2n) is 2.69. The van der Waals surface area contributed by atoms with Crippen molar-refractivity contribution >= 4 is 39.9 Å². The lowest BCUT2D eigenvalue weighted by Crippen LogP contribution is -2.17. The van der Waals surface area contributed by atoms with Crippen molar-refractivity contribution < 1.29 is 0 Å². The van der Waals surface area contributed by atoms with Crippen molar-refractivity contribution in [2.75, 3.05) is 18.5 Å². The van der Waals surface area contributed by atoms with E-state index in [1.807, 2.05) is 25.3 Å². The molecule has 0 fully saturated rings. The molecule has 1 nitrogen and oxygen atoms in total. The average molecular weight is 308 g/mol. The molecule has 0 aliphatic carbocycles. The largest absolute Gasteiger partial charge is 0.370 e. The minimum atomic E-state index is 0.837. The molecule has 0 aromatic heterocycles. The molecule has 0 N–H and O–H groups in total. The highest BCUT2D eigenvalue weighted by molar-refractivity contribution is 14.1. The smallest absolute Gasteiger partial charge is 0.0502 e. The third-order valence-electron chi connectivity index (χ3n) is 1.73. The molecule has 0 bridgehead atoms. The fraction of sp³-hybridized carbons (Fsp3) is 0.200. The number of benzene rings is 1. The van der Waals surface area contributed by atoms with Crippen LogP contribution in [0.2, 0.25) is 0 Å². The first-order valence-electron chi connectivity index (χ1n) is 3.96. The Morgan fingerprint density at radius 3 is 2.77 bits per heavy atom. The standard InChI is InChI=1S/C10H11ClIN/c1-13(8-4-7-11)10-6-3-2-5-9(10)12/h2-7H,8H2,1H3/b7-4+. The van der Waals surface area contributed by atoms with Crippen molar-refractivity contribution in [2.24, 2.45) is 0 Å². The predicted molar refractivity (Wildman–Crippen MR) is 67.4 cm³/mol. The van der Waals surface area contributed by atoms with Gasteiger partial charge in [-0.2, -0.15) is 0 Å². The molecule has 0 amide bonds. The van der Waals surface area contributed by atoms with E-state index in [0.717, 1.165) is 6.54 Å². The molecule has 0 atom stereocenters. The number of hydrogen-bond donors (Lipinski definition) is 0. The molecule has 0 saturated heterocycles. The molecule has 1 aromatic rings. The van der Waals surface area contributed by atoms with Crippen LogP contribution in [0, 0.1) is 3.57 Å². The fourth-order valence-electron chi connectivity index (χ4n) is 1.06. The van der Waals surface area contributed by atoms with Crippen LogP contribution in [-0.4, -0.2) is 13.6 Å². The van der Waals surface area contributed by atoms with Gasteiger partial charge in [-0.15, -0.1) is 0 Å². The Hall–Kier alpha value is -0.220. The summed E-state index contributed by atoms with van der Waals surface area (Å²) in [6.07, 6.45) is 1.92. The molecule has 0 spiro atoms. The Morgan fingerprint density at radius 2 is 2.15 bits per heavy atom. The Kier molecular flexibility index (Phi) is 4.59. The summed E-state index contributed by atoms with van der Waals surface area (Å²) in [5, 5.41) is 0. The average Bonchev–Trinajstić information content (AvgIpc) is 2.15. The Morgan fingerprint density at radius 1 is 1.46 bits per heavy atom. The molecule has 13 heavy (non-hydrogen) atoms. The maximum atomic E-state index is 5.46. The molecule has 70 valence electrons. The van der Waals surface area contributed by atoms with E-state index in [2.05, 4.69) is 39.6 Å². The summed E-state index contributed by atoms with van der Waals surface area (Å²) < 4.78 is 1.26. The van der Waals surface area contributed by atoms with Gasteiger partial charge in [0.15, 0.2) is 0 Å². The van der Waals surface area contributed by atoms with Gasteiger partial charge in [0.1, 0.15) is 0 Å². The maximum absolute atomic E-state index is 5.46. The van der Waals surface area contributed by atoms with E-state index < -0.39 is 0 Å². The van der Waals surface area contributed by atoms with E-state index in [1.165, 1.54) is 9.26 Å². The number of likely N-dealkylation sites (N-methyl/N-ethyl adjacent to an activating group) is 1. The van der Waals surface area contributed by atoms with Crippen LogP contribution in [0.4, 0.5) is 5.69 Å². The van der Waals surface area contributed by atoms with Crippen LogP contribution in [-0.2, 0) is 0 Å². The SMILES string of the molecule is CN(C/C=C/Cl)c1ccccc1I. The van der Waals surface area contributed by atoms with Gasteiger partial charge in [-0.05, 0) is 34.7 Å². The van der Waals surface area contributed by atoms with Gasteiger partial charge in [0.05, 0.1) is 5.69 Å². The molecule has 1 rings (SSSR count). The van der Waals surface area contributed by atoms with Crippen LogP contribution in [0.15, 0.2) is 35.9 Å².